The molecule has 2 saturated carbocycles. The molecular formula is C21H26FNO. The van der Waals surface area contributed by atoms with Crippen LogP contribution in [0.25, 0.3) is 0 Å². The lowest BCUT2D eigenvalue weighted by Crippen LogP contribution is -2.43. The zero-order valence-corrected chi connectivity index (χ0v) is 14.6. The van der Waals surface area contributed by atoms with E-state index in [0.29, 0.717) is 12.5 Å². The molecule has 1 aromatic rings. The van der Waals surface area contributed by atoms with Gasteiger partial charge in [-0.2, -0.15) is 0 Å². The largest absolute Gasteiger partial charge is 0.341 e. The average molecular weight is 327 g/mol. The Kier molecular flexibility index (Phi) is 3.42. The first-order valence-corrected chi connectivity index (χ1v) is 9.10. The van der Waals surface area contributed by atoms with E-state index in [2.05, 4.69) is 20.4 Å². The predicted molar refractivity (Wildman–Crippen MR) is 93.0 cm³/mol. The van der Waals surface area contributed by atoms with Gasteiger partial charge in [-0.1, -0.05) is 44.2 Å². The van der Waals surface area contributed by atoms with Gasteiger partial charge in [-0.05, 0) is 48.6 Å². The molecule has 0 unspecified atom stereocenters. The summed E-state index contributed by atoms with van der Waals surface area (Å²) in [6.07, 6.45) is 3.88. The van der Waals surface area contributed by atoms with E-state index >= 15 is 0 Å². The fraction of sp³-hybridized carbons (Fsp3) is 0.571. The summed E-state index contributed by atoms with van der Waals surface area (Å²) in [6, 6.07) is 6.97. The van der Waals surface area contributed by atoms with Crippen molar-refractivity contribution in [2.45, 2.75) is 45.4 Å². The van der Waals surface area contributed by atoms with Gasteiger partial charge >= 0.3 is 0 Å². The third-order valence-electron chi connectivity index (χ3n) is 7.12. The molecule has 1 aromatic carbocycles. The third kappa shape index (κ3) is 2.03. The Balaban J connectivity index is 1.55. The molecule has 2 bridgehead atoms. The van der Waals surface area contributed by atoms with Crippen LogP contribution in [0, 0.1) is 22.6 Å². The highest BCUT2D eigenvalue weighted by atomic mass is 19.1. The van der Waals surface area contributed by atoms with Crippen molar-refractivity contribution in [3.8, 4) is 0 Å². The van der Waals surface area contributed by atoms with Crippen molar-refractivity contribution in [2.24, 2.45) is 16.7 Å². The molecule has 1 aliphatic heterocycles. The van der Waals surface area contributed by atoms with Gasteiger partial charge in [0.15, 0.2) is 0 Å². The summed E-state index contributed by atoms with van der Waals surface area (Å²) in [5.41, 5.74) is 1.60. The molecule has 1 amide bonds. The first-order valence-electron chi connectivity index (χ1n) is 9.10. The summed E-state index contributed by atoms with van der Waals surface area (Å²) in [5, 5.41) is 0. The second-order valence-corrected chi connectivity index (χ2v) is 8.48. The minimum atomic E-state index is -0.349. The monoisotopic (exact) mass is 327 g/mol. The molecule has 4 rings (SSSR count). The number of likely N-dealkylation sites (tertiary alicyclic amines) is 1. The number of carbonyl (C=O) groups excluding carboxylic acids is 1. The number of nitrogens with zero attached hydrogens (tertiary/aromatic N) is 1. The van der Waals surface area contributed by atoms with Gasteiger partial charge < -0.3 is 4.90 Å². The molecule has 3 fully saturated rings. The lowest BCUT2D eigenvalue weighted by Gasteiger charge is -2.39. The quantitative estimate of drug-likeness (QED) is 0.731. The van der Waals surface area contributed by atoms with Crippen LogP contribution in [0.5, 0.6) is 0 Å². The summed E-state index contributed by atoms with van der Waals surface area (Å²) < 4.78 is 14.1. The lowest BCUT2D eigenvalue weighted by molar-refractivity contribution is -0.138. The van der Waals surface area contributed by atoms with E-state index in [1.807, 2.05) is 17.0 Å². The van der Waals surface area contributed by atoms with Gasteiger partial charge in [-0.25, -0.2) is 4.39 Å². The molecule has 0 N–H and O–H groups in total. The van der Waals surface area contributed by atoms with E-state index in [1.165, 1.54) is 6.07 Å². The van der Waals surface area contributed by atoms with Crippen LogP contribution >= 0.6 is 0 Å². The van der Waals surface area contributed by atoms with Gasteiger partial charge in [-0.15, -0.1) is 0 Å². The summed E-state index contributed by atoms with van der Waals surface area (Å²) in [6.45, 7) is 10.2. The average Bonchev–Trinajstić information content (AvgIpc) is 3.25. The van der Waals surface area contributed by atoms with Gasteiger partial charge in [0.25, 0.3) is 0 Å². The highest BCUT2D eigenvalue weighted by Gasteiger charge is 2.62. The van der Waals surface area contributed by atoms with Crippen molar-refractivity contribution in [3.05, 3.63) is 47.8 Å². The minimum Gasteiger partial charge on any atom is -0.341 e. The summed E-state index contributed by atoms with van der Waals surface area (Å²) >= 11 is 0. The van der Waals surface area contributed by atoms with Crippen LogP contribution in [-0.2, 0) is 4.79 Å². The lowest BCUT2D eigenvalue weighted by atomic mass is 9.68. The number of hydrogen-bond donors (Lipinski definition) is 0. The number of halogens is 1. The molecule has 1 saturated heterocycles. The van der Waals surface area contributed by atoms with E-state index in [9.17, 15) is 9.18 Å². The van der Waals surface area contributed by atoms with Crippen LogP contribution in [-0.4, -0.2) is 23.9 Å². The SMILES string of the molecule is C=C1C(C)(C)[C@@H]2CC[C@]1(C(=O)N1CC[C@@H](c3ccccc3F)C1)C2. The number of hydrogen-bond acceptors (Lipinski definition) is 1. The molecule has 0 spiro atoms. The Morgan fingerprint density at radius 3 is 2.71 bits per heavy atom. The van der Waals surface area contributed by atoms with Crippen LogP contribution in [0.1, 0.15) is 51.0 Å². The Bertz CT molecular complexity index is 710. The van der Waals surface area contributed by atoms with Gasteiger partial charge in [-0.3, -0.25) is 4.79 Å². The molecule has 2 aliphatic carbocycles. The van der Waals surface area contributed by atoms with Gasteiger partial charge in [0, 0.05) is 19.0 Å². The maximum absolute atomic E-state index is 14.1. The fourth-order valence-corrected chi connectivity index (χ4v) is 5.43. The molecule has 128 valence electrons. The topological polar surface area (TPSA) is 20.3 Å². The van der Waals surface area contributed by atoms with Gasteiger partial charge in [0.1, 0.15) is 5.82 Å². The Labute approximate surface area is 143 Å². The van der Waals surface area contributed by atoms with E-state index < -0.39 is 0 Å². The van der Waals surface area contributed by atoms with Crippen molar-refractivity contribution >= 4 is 5.91 Å². The Hall–Kier alpha value is -1.64. The van der Waals surface area contributed by atoms with E-state index in [0.717, 1.165) is 43.4 Å². The maximum Gasteiger partial charge on any atom is 0.232 e. The van der Waals surface area contributed by atoms with E-state index in [-0.39, 0.29) is 28.5 Å². The summed E-state index contributed by atoms with van der Waals surface area (Å²) in [7, 11) is 0. The molecule has 3 atom stereocenters. The van der Waals surface area contributed by atoms with Gasteiger partial charge in [0.05, 0.1) is 5.41 Å². The van der Waals surface area contributed by atoms with Crippen LogP contribution < -0.4 is 0 Å². The van der Waals surface area contributed by atoms with Crippen molar-refractivity contribution in [2.75, 3.05) is 13.1 Å². The Morgan fingerprint density at radius 2 is 2.04 bits per heavy atom. The number of fused-ring (bicyclic) bond motifs is 2. The zero-order chi connectivity index (χ0) is 17.1. The van der Waals surface area contributed by atoms with Crippen LogP contribution in [0.15, 0.2) is 36.4 Å². The van der Waals surface area contributed by atoms with E-state index in [1.54, 1.807) is 6.07 Å². The van der Waals surface area contributed by atoms with Gasteiger partial charge in [0.2, 0.25) is 5.91 Å². The second kappa shape index (κ2) is 5.18. The molecule has 3 heteroatoms. The smallest absolute Gasteiger partial charge is 0.232 e. The molecule has 1 heterocycles. The molecule has 0 aromatic heterocycles. The molecule has 2 nitrogen and oxygen atoms in total. The predicted octanol–water partition coefficient (Wildman–Crippen LogP) is 4.52. The van der Waals surface area contributed by atoms with Crippen molar-refractivity contribution in [3.63, 3.8) is 0 Å². The zero-order valence-electron chi connectivity index (χ0n) is 14.6. The number of carbonyl (C=O) groups is 1. The molecule has 3 aliphatic rings. The van der Waals surface area contributed by atoms with Crippen LogP contribution in [0.4, 0.5) is 4.39 Å². The standard InChI is InChI=1S/C21H26FNO/c1-14-20(2,3)16-8-10-21(14,12-16)19(24)23-11-9-15(13-23)17-6-4-5-7-18(17)22/h4-7,15-16H,1,8-13H2,2-3H3/t15-,16-,21+/m1/s1. The van der Waals surface area contributed by atoms with Crippen molar-refractivity contribution in [1.29, 1.82) is 0 Å². The summed E-state index contributed by atoms with van der Waals surface area (Å²) in [5.74, 6) is 0.798. The normalized spacial score (nSPS) is 34.1. The Morgan fingerprint density at radius 1 is 1.29 bits per heavy atom. The highest BCUT2D eigenvalue weighted by molar-refractivity contribution is 5.88. The first-order chi connectivity index (χ1) is 11.4. The van der Waals surface area contributed by atoms with Crippen molar-refractivity contribution < 1.29 is 9.18 Å². The molecular weight excluding hydrogens is 301 g/mol. The summed E-state index contributed by atoms with van der Waals surface area (Å²) in [4.78, 5) is 15.3. The number of rotatable bonds is 2. The second-order valence-electron chi connectivity index (χ2n) is 8.48. The molecule has 24 heavy (non-hydrogen) atoms. The number of benzene rings is 1. The fourth-order valence-electron chi connectivity index (χ4n) is 5.43. The van der Waals surface area contributed by atoms with Crippen LogP contribution in [0.2, 0.25) is 0 Å². The third-order valence-corrected chi connectivity index (χ3v) is 7.12. The minimum absolute atomic E-state index is 0.0680. The highest BCUT2D eigenvalue weighted by Crippen LogP contribution is 2.66. The molecule has 0 radical (unpaired) electrons. The first kappa shape index (κ1) is 15.9. The van der Waals surface area contributed by atoms with E-state index in [4.69, 9.17) is 0 Å². The maximum atomic E-state index is 14.1. The van der Waals surface area contributed by atoms with Crippen molar-refractivity contribution in [1.82, 2.24) is 4.90 Å². The number of amides is 1. The van der Waals surface area contributed by atoms with Crippen LogP contribution in [0.3, 0.4) is 0 Å².